The van der Waals surface area contributed by atoms with Crippen molar-refractivity contribution in [2.45, 2.75) is 25.8 Å². The second kappa shape index (κ2) is 6.98. The maximum Gasteiger partial charge on any atom is 0.261 e. The van der Waals surface area contributed by atoms with Crippen LogP contribution < -0.4 is 5.56 Å². The molecule has 136 valence electrons. The maximum absolute atomic E-state index is 12.8. The predicted molar refractivity (Wildman–Crippen MR) is 107 cm³/mol. The predicted octanol–water partition coefficient (Wildman–Crippen LogP) is 2.54. The van der Waals surface area contributed by atoms with Crippen LogP contribution in [0.25, 0.3) is 10.9 Å². The Balaban J connectivity index is 1.70. The van der Waals surface area contributed by atoms with Crippen molar-refractivity contribution in [3.8, 4) is 11.8 Å². The van der Waals surface area contributed by atoms with Gasteiger partial charge in [-0.25, -0.2) is 9.97 Å². The largest absolute Gasteiger partial charge is 0.299 e. The van der Waals surface area contributed by atoms with Crippen LogP contribution in [0.4, 0.5) is 0 Å². The quantitative estimate of drug-likeness (QED) is 0.661. The summed E-state index contributed by atoms with van der Waals surface area (Å²) in [6.07, 6.45) is 1.72. The number of likely N-dealkylation sites (tertiary alicyclic amines) is 1. The van der Waals surface area contributed by atoms with Crippen LogP contribution in [0.1, 0.15) is 36.8 Å². The number of hydrogen-bond donors (Lipinski definition) is 0. The second-order valence-corrected chi connectivity index (χ2v) is 7.28. The molecule has 5 nitrogen and oxygen atoms in total. The minimum atomic E-state index is 0.00207. The zero-order valence-electron chi connectivity index (χ0n) is 15.8. The van der Waals surface area contributed by atoms with Gasteiger partial charge in [-0.05, 0) is 50.1 Å². The van der Waals surface area contributed by atoms with E-state index in [1.807, 2.05) is 43.4 Å². The van der Waals surface area contributed by atoms with E-state index in [0.717, 1.165) is 30.2 Å². The molecule has 3 heterocycles. The number of hydrogen-bond acceptors (Lipinski definition) is 4. The van der Waals surface area contributed by atoms with Gasteiger partial charge in [-0.15, -0.1) is 0 Å². The van der Waals surface area contributed by atoms with Gasteiger partial charge in [0.25, 0.3) is 5.56 Å². The van der Waals surface area contributed by atoms with Crippen molar-refractivity contribution in [1.82, 2.24) is 19.4 Å². The van der Waals surface area contributed by atoms with Crippen molar-refractivity contribution in [2.24, 2.45) is 7.05 Å². The Hall–Kier alpha value is -2.97. The lowest BCUT2D eigenvalue weighted by molar-refractivity contribution is 0.104. The van der Waals surface area contributed by atoms with Crippen molar-refractivity contribution in [2.75, 3.05) is 13.1 Å². The van der Waals surface area contributed by atoms with Gasteiger partial charge in [0.15, 0.2) is 0 Å². The minimum Gasteiger partial charge on any atom is -0.299 e. The Kier molecular flexibility index (Phi) is 4.51. The molecule has 0 bridgehead atoms. The molecule has 0 radical (unpaired) electrons. The van der Waals surface area contributed by atoms with E-state index < -0.39 is 0 Å². The molecule has 1 aromatic carbocycles. The van der Waals surface area contributed by atoms with E-state index in [0.29, 0.717) is 22.9 Å². The van der Waals surface area contributed by atoms with Crippen molar-refractivity contribution >= 4 is 10.9 Å². The second-order valence-electron chi connectivity index (χ2n) is 7.28. The van der Waals surface area contributed by atoms with E-state index in [9.17, 15) is 4.79 Å². The van der Waals surface area contributed by atoms with Crippen molar-refractivity contribution in [3.63, 3.8) is 0 Å². The molecule has 0 N–H and O–H groups in total. The molecule has 1 saturated heterocycles. The molecule has 1 aliphatic rings. The minimum absolute atomic E-state index is 0.00207. The number of pyridine rings is 1. The third-order valence-electron chi connectivity index (χ3n) is 5.12. The zero-order valence-corrected chi connectivity index (χ0v) is 15.8. The maximum atomic E-state index is 12.8. The van der Waals surface area contributed by atoms with E-state index in [1.54, 1.807) is 10.8 Å². The Morgan fingerprint density at radius 1 is 1.15 bits per heavy atom. The Bertz CT molecular complexity index is 1100. The smallest absolute Gasteiger partial charge is 0.261 e. The topological polar surface area (TPSA) is 51.0 Å². The first-order valence-corrected chi connectivity index (χ1v) is 9.20. The van der Waals surface area contributed by atoms with Crippen molar-refractivity contribution in [1.29, 1.82) is 0 Å². The van der Waals surface area contributed by atoms with E-state index in [-0.39, 0.29) is 5.56 Å². The molecule has 5 heteroatoms. The molecule has 0 saturated carbocycles. The molecule has 2 aromatic heterocycles. The highest BCUT2D eigenvalue weighted by atomic mass is 16.1. The summed E-state index contributed by atoms with van der Waals surface area (Å²) in [4.78, 5) is 24.2. The molecule has 4 rings (SSSR count). The summed E-state index contributed by atoms with van der Waals surface area (Å²) < 4.78 is 1.70. The fourth-order valence-electron chi connectivity index (χ4n) is 3.40. The summed E-state index contributed by atoms with van der Waals surface area (Å²) in [6.45, 7) is 6.27. The van der Waals surface area contributed by atoms with Gasteiger partial charge in [0.1, 0.15) is 11.5 Å². The van der Waals surface area contributed by atoms with Gasteiger partial charge < -0.3 is 0 Å². The van der Waals surface area contributed by atoms with Gasteiger partial charge >= 0.3 is 0 Å². The highest BCUT2D eigenvalue weighted by Gasteiger charge is 2.32. The molecule has 27 heavy (non-hydrogen) atoms. The number of rotatable bonds is 2. The molecule has 1 fully saturated rings. The first-order valence-electron chi connectivity index (χ1n) is 9.20. The highest BCUT2D eigenvalue weighted by molar-refractivity contribution is 5.79. The third kappa shape index (κ3) is 3.36. The van der Waals surface area contributed by atoms with Crippen LogP contribution in [0.15, 0.2) is 47.4 Å². The lowest BCUT2D eigenvalue weighted by Crippen LogP contribution is -2.50. The standard InChI is InChI=1S/C22H22N4O/c1-15(2)26-13-17(14-26)21-24-20-12-16(7-9-18-6-4-5-11-23-18)8-10-19(20)22(27)25(21)3/h4-6,8,10-12,15,17H,13-14H2,1-3H3. The summed E-state index contributed by atoms with van der Waals surface area (Å²) in [6, 6.07) is 11.7. The first kappa shape index (κ1) is 17.4. The van der Waals surface area contributed by atoms with Gasteiger partial charge in [-0.3, -0.25) is 14.3 Å². The van der Waals surface area contributed by atoms with Crippen LogP contribution in [0.2, 0.25) is 0 Å². The van der Waals surface area contributed by atoms with Gasteiger partial charge in [0, 0.05) is 43.9 Å². The molecule has 0 aliphatic carbocycles. The first-order chi connectivity index (χ1) is 13.0. The Morgan fingerprint density at radius 2 is 1.96 bits per heavy atom. The number of aromatic nitrogens is 3. The number of benzene rings is 1. The normalized spacial score (nSPS) is 14.8. The summed E-state index contributed by atoms with van der Waals surface area (Å²) >= 11 is 0. The molecule has 0 amide bonds. The summed E-state index contributed by atoms with van der Waals surface area (Å²) in [7, 11) is 1.82. The monoisotopic (exact) mass is 358 g/mol. The van der Waals surface area contributed by atoms with Crippen molar-refractivity contribution < 1.29 is 0 Å². The molecule has 0 spiro atoms. The fraction of sp³-hybridized carbons (Fsp3) is 0.318. The van der Waals surface area contributed by atoms with Crippen LogP contribution in [-0.4, -0.2) is 38.6 Å². The lowest BCUT2D eigenvalue weighted by atomic mass is 9.97. The molecule has 3 aromatic rings. The fourth-order valence-corrected chi connectivity index (χ4v) is 3.40. The summed E-state index contributed by atoms with van der Waals surface area (Å²) in [5.74, 6) is 7.33. The molecule has 1 aliphatic heterocycles. The van der Waals surface area contributed by atoms with E-state index in [2.05, 4.69) is 35.6 Å². The molecular weight excluding hydrogens is 336 g/mol. The van der Waals surface area contributed by atoms with Gasteiger partial charge in [0.05, 0.1) is 10.9 Å². The Labute approximate surface area is 158 Å². The third-order valence-corrected chi connectivity index (χ3v) is 5.12. The van der Waals surface area contributed by atoms with E-state index in [1.165, 1.54) is 0 Å². The van der Waals surface area contributed by atoms with E-state index in [4.69, 9.17) is 4.98 Å². The van der Waals surface area contributed by atoms with Crippen LogP contribution >= 0.6 is 0 Å². The van der Waals surface area contributed by atoms with Crippen LogP contribution in [0.3, 0.4) is 0 Å². The molecular formula is C22H22N4O. The summed E-state index contributed by atoms with van der Waals surface area (Å²) in [5, 5.41) is 0.629. The van der Waals surface area contributed by atoms with Crippen LogP contribution in [0, 0.1) is 11.8 Å². The SMILES string of the molecule is CC(C)N1CC(c2nc3cc(C#Cc4ccccn4)ccc3c(=O)n2C)C1. The number of fused-ring (bicyclic) bond motifs is 1. The van der Waals surface area contributed by atoms with Gasteiger partial charge in [-0.2, -0.15) is 0 Å². The van der Waals surface area contributed by atoms with Gasteiger partial charge in [0.2, 0.25) is 0 Å². The molecule has 0 atom stereocenters. The molecule has 0 unspecified atom stereocenters. The van der Waals surface area contributed by atoms with Crippen LogP contribution in [-0.2, 0) is 7.05 Å². The number of nitrogens with zero attached hydrogens (tertiary/aromatic N) is 4. The van der Waals surface area contributed by atoms with Gasteiger partial charge in [-0.1, -0.05) is 12.0 Å². The summed E-state index contributed by atoms with van der Waals surface area (Å²) in [5.41, 5.74) is 2.27. The van der Waals surface area contributed by atoms with Crippen LogP contribution in [0.5, 0.6) is 0 Å². The van der Waals surface area contributed by atoms with E-state index >= 15 is 0 Å². The zero-order chi connectivity index (χ0) is 19.0. The Morgan fingerprint density at radius 3 is 2.67 bits per heavy atom. The lowest BCUT2D eigenvalue weighted by Gasteiger charge is -2.42. The average molecular weight is 358 g/mol. The highest BCUT2D eigenvalue weighted by Crippen LogP contribution is 2.27. The van der Waals surface area contributed by atoms with Crippen molar-refractivity contribution in [3.05, 3.63) is 70.0 Å². The average Bonchev–Trinajstić information content (AvgIpc) is 2.63.